The lowest BCUT2D eigenvalue weighted by Crippen LogP contribution is -2.42. The summed E-state index contributed by atoms with van der Waals surface area (Å²) >= 11 is 0. The van der Waals surface area contributed by atoms with Crippen LogP contribution in [0.4, 0.5) is 0 Å². The van der Waals surface area contributed by atoms with Gasteiger partial charge in [-0.3, -0.25) is 4.79 Å². The SMILES string of the molecule is CC(=O)[C@@]1(O)C[C@H]2CC[C@H]1C2. The maximum atomic E-state index is 11.1. The third-order valence-electron chi connectivity index (χ3n) is 3.43. The molecule has 0 aromatic rings. The van der Waals surface area contributed by atoms with Crippen LogP contribution in [0.15, 0.2) is 0 Å². The van der Waals surface area contributed by atoms with Gasteiger partial charge in [0.25, 0.3) is 0 Å². The van der Waals surface area contributed by atoms with E-state index in [1.54, 1.807) is 0 Å². The van der Waals surface area contributed by atoms with Gasteiger partial charge >= 0.3 is 0 Å². The second-order valence-electron chi connectivity index (χ2n) is 4.06. The summed E-state index contributed by atoms with van der Waals surface area (Å²) in [5.74, 6) is 0.892. The standard InChI is InChI=1S/C9H14O2/c1-6(10)9(11)5-7-2-3-8(9)4-7/h7-8,11H,2-5H2,1H3/t7-,8-,9-/m0/s1. The monoisotopic (exact) mass is 154 g/mol. The molecule has 0 saturated heterocycles. The fourth-order valence-corrected chi connectivity index (χ4v) is 2.73. The van der Waals surface area contributed by atoms with Crippen molar-refractivity contribution in [1.29, 1.82) is 0 Å². The minimum absolute atomic E-state index is 0.0234. The van der Waals surface area contributed by atoms with E-state index in [0.717, 1.165) is 19.3 Å². The molecule has 2 aliphatic carbocycles. The normalized spacial score (nSPS) is 48.2. The van der Waals surface area contributed by atoms with E-state index in [1.165, 1.54) is 13.3 Å². The van der Waals surface area contributed by atoms with E-state index in [2.05, 4.69) is 0 Å². The van der Waals surface area contributed by atoms with Gasteiger partial charge in [0.2, 0.25) is 0 Å². The van der Waals surface area contributed by atoms with Crippen LogP contribution in [0, 0.1) is 11.8 Å². The fraction of sp³-hybridized carbons (Fsp3) is 0.889. The molecule has 0 radical (unpaired) electrons. The molecule has 11 heavy (non-hydrogen) atoms. The summed E-state index contributed by atoms with van der Waals surface area (Å²) in [5, 5.41) is 9.91. The third kappa shape index (κ3) is 0.853. The zero-order chi connectivity index (χ0) is 8.06. The molecule has 1 N–H and O–H groups in total. The molecule has 3 atom stereocenters. The lowest BCUT2D eigenvalue weighted by Gasteiger charge is -2.29. The quantitative estimate of drug-likeness (QED) is 0.614. The summed E-state index contributed by atoms with van der Waals surface area (Å²) in [6, 6.07) is 0. The van der Waals surface area contributed by atoms with Gasteiger partial charge in [-0.15, -0.1) is 0 Å². The Hall–Kier alpha value is -0.370. The molecule has 0 heterocycles. The van der Waals surface area contributed by atoms with Crippen molar-refractivity contribution in [1.82, 2.24) is 0 Å². The van der Waals surface area contributed by atoms with Crippen molar-refractivity contribution in [2.24, 2.45) is 11.8 Å². The number of ketones is 1. The number of carbonyl (C=O) groups is 1. The average Bonchev–Trinajstić information content (AvgIpc) is 2.45. The lowest BCUT2D eigenvalue weighted by atomic mass is 9.81. The van der Waals surface area contributed by atoms with Crippen molar-refractivity contribution in [2.75, 3.05) is 0 Å². The number of Topliss-reactive ketones (excluding diaryl/α,β-unsaturated/α-hetero) is 1. The van der Waals surface area contributed by atoms with Gasteiger partial charge in [-0.25, -0.2) is 0 Å². The van der Waals surface area contributed by atoms with E-state index < -0.39 is 5.60 Å². The van der Waals surface area contributed by atoms with Crippen LogP contribution < -0.4 is 0 Å². The first-order valence-corrected chi connectivity index (χ1v) is 4.36. The second-order valence-corrected chi connectivity index (χ2v) is 4.06. The van der Waals surface area contributed by atoms with E-state index in [4.69, 9.17) is 0 Å². The molecule has 0 aliphatic heterocycles. The molecule has 62 valence electrons. The molecule has 2 aliphatic rings. The van der Waals surface area contributed by atoms with E-state index in [9.17, 15) is 9.90 Å². The third-order valence-corrected chi connectivity index (χ3v) is 3.43. The second kappa shape index (κ2) is 2.07. The molecule has 2 heteroatoms. The Balaban J connectivity index is 2.23. The summed E-state index contributed by atoms with van der Waals surface area (Å²) in [7, 11) is 0. The highest BCUT2D eigenvalue weighted by Gasteiger charge is 2.52. The molecule has 2 saturated carbocycles. The van der Waals surface area contributed by atoms with Crippen LogP contribution in [0.25, 0.3) is 0 Å². The van der Waals surface area contributed by atoms with Gasteiger partial charge < -0.3 is 5.11 Å². The fourth-order valence-electron chi connectivity index (χ4n) is 2.73. The summed E-state index contributed by atoms with van der Waals surface area (Å²) in [6.45, 7) is 1.51. The minimum atomic E-state index is -0.928. The summed E-state index contributed by atoms with van der Waals surface area (Å²) in [5.41, 5.74) is -0.928. The first-order chi connectivity index (χ1) is 5.13. The van der Waals surface area contributed by atoms with Crippen LogP contribution in [0.3, 0.4) is 0 Å². The Labute approximate surface area is 66.6 Å². The minimum Gasteiger partial charge on any atom is -0.382 e. The molecule has 2 bridgehead atoms. The zero-order valence-electron chi connectivity index (χ0n) is 6.84. The summed E-state index contributed by atoms with van der Waals surface area (Å²) in [6.07, 6.45) is 4.09. The van der Waals surface area contributed by atoms with E-state index in [0.29, 0.717) is 5.92 Å². The molecule has 0 amide bonds. The Morgan fingerprint density at radius 2 is 2.27 bits per heavy atom. The van der Waals surface area contributed by atoms with Crippen LogP contribution >= 0.6 is 0 Å². The van der Waals surface area contributed by atoms with Crippen LogP contribution in [-0.4, -0.2) is 16.5 Å². The van der Waals surface area contributed by atoms with Gasteiger partial charge in [0.15, 0.2) is 5.78 Å². The zero-order valence-corrected chi connectivity index (χ0v) is 6.84. The maximum Gasteiger partial charge on any atom is 0.161 e. The molecule has 0 unspecified atom stereocenters. The van der Waals surface area contributed by atoms with Crippen LogP contribution in [0.2, 0.25) is 0 Å². The highest BCUT2D eigenvalue weighted by atomic mass is 16.3. The highest BCUT2D eigenvalue weighted by molar-refractivity contribution is 5.85. The van der Waals surface area contributed by atoms with Gasteiger partial charge in [0.1, 0.15) is 5.60 Å². The Morgan fingerprint density at radius 1 is 1.55 bits per heavy atom. The van der Waals surface area contributed by atoms with Gasteiger partial charge in [0, 0.05) is 0 Å². The molecule has 0 aromatic heterocycles. The molecular weight excluding hydrogens is 140 g/mol. The number of hydrogen-bond donors (Lipinski definition) is 1. The van der Waals surface area contributed by atoms with E-state index in [-0.39, 0.29) is 11.7 Å². The average molecular weight is 154 g/mol. The molecule has 0 spiro atoms. The van der Waals surface area contributed by atoms with Crippen molar-refractivity contribution in [2.45, 2.75) is 38.2 Å². The molecule has 2 fully saturated rings. The van der Waals surface area contributed by atoms with Gasteiger partial charge in [-0.2, -0.15) is 0 Å². The Bertz CT molecular complexity index is 200. The Morgan fingerprint density at radius 3 is 2.55 bits per heavy atom. The van der Waals surface area contributed by atoms with Gasteiger partial charge in [-0.05, 0) is 44.4 Å². The van der Waals surface area contributed by atoms with Crippen molar-refractivity contribution in [3.8, 4) is 0 Å². The first kappa shape index (κ1) is 7.29. The van der Waals surface area contributed by atoms with Crippen molar-refractivity contribution >= 4 is 5.78 Å². The highest BCUT2D eigenvalue weighted by Crippen LogP contribution is 2.50. The van der Waals surface area contributed by atoms with Crippen LogP contribution in [-0.2, 0) is 4.79 Å². The number of hydrogen-bond acceptors (Lipinski definition) is 2. The maximum absolute atomic E-state index is 11.1. The van der Waals surface area contributed by atoms with Crippen molar-refractivity contribution < 1.29 is 9.90 Å². The van der Waals surface area contributed by atoms with Crippen LogP contribution in [0.5, 0.6) is 0 Å². The molecule has 2 rings (SSSR count). The molecular formula is C9H14O2. The summed E-state index contributed by atoms with van der Waals surface area (Å²) in [4.78, 5) is 11.1. The number of fused-ring (bicyclic) bond motifs is 2. The van der Waals surface area contributed by atoms with E-state index in [1.807, 2.05) is 0 Å². The summed E-state index contributed by atoms with van der Waals surface area (Å²) < 4.78 is 0. The smallest absolute Gasteiger partial charge is 0.161 e. The van der Waals surface area contributed by atoms with E-state index >= 15 is 0 Å². The number of carbonyl (C=O) groups excluding carboxylic acids is 1. The number of rotatable bonds is 1. The van der Waals surface area contributed by atoms with Gasteiger partial charge in [-0.1, -0.05) is 0 Å². The number of aliphatic hydroxyl groups is 1. The van der Waals surface area contributed by atoms with Crippen molar-refractivity contribution in [3.05, 3.63) is 0 Å². The topological polar surface area (TPSA) is 37.3 Å². The molecule has 0 aromatic carbocycles. The predicted molar refractivity (Wildman–Crippen MR) is 41.1 cm³/mol. The van der Waals surface area contributed by atoms with Crippen molar-refractivity contribution in [3.63, 3.8) is 0 Å². The largest absolute Gasteiger partial charge is 0.382 e. The molecule has 2 nitrogen and oxygen atoms in total. The Kier molecular flexibility index (Phi) is 1.37. The lowest BCUT2D eigenvalue weighted by molar-refractivity contribution is -0.140. The predicted octanol–water partition coefficient (Wildman–Crippen LogP) is 1.13. The van der Waals surface area contributed by atoms with Crippen LogP contribution in [0.1, 0.15) is 32.6 Å². The first-order valence-electron chi connectivity index (χ1n) is 4.36. The van der Waals surface area contributed by atoms with Gasteiger partial charge in [0.05, 0.1) is 0 Å².